The lowest BCUT2D eigenvalue weighted by atomic mass is 10.1. The summed E-state index contributed by atoms with van der Waals surface area (Å²) in [6, 6.07) is 11.2. The summed E-state index contributed by atoms with van der Waals surface area (Å²) in [5.74, 6) is -0.132. The lowest BCUT2D eigenvalue weighted by molar-refractivity contribution is -0.116. The van der Waals surface area contributed by atoms with Gasteiger partial charge in [0.1, 0.15) is 11.4 Å². The van der Waals surface area contributed by atoms with Gasteiger partial charge in [-0.05, 0) is 43.9 Å². The van der Waals surface area contributed by atoms with E-state index in [0.717, 1.165) is 29.7 Å². The van der Waals surface area contributed by atoms with Crippen molar-refractivity contribution >= 4 is 44.9 Å². The van der Waals surface area contributed by atoms with Crippen molar-refractivity contribution in [1.29, 1.82) is 5.26 Å². The third-order valence-corrected chi connectivity index (χ3v) is 7.77. The maximum atomic E-state index is 13.6. The van der Waals surface area contributed by atoms with Crippen molar-refractivity contribution in [3.63, 3.8) is 0 Å². The second-order valence-corrected chi connectivity index (χ2v) is 10.0. The molecule has 1 aliphatic rings. The standard InChI is InChI=1S/C24H26N4O3S2/c1-3-19-16(2)33-22-21(19)23(30)28(14-18-10-7-13-31-18)24(26-22)32-15-20(29)27(12-11-25)17-8-5-4-6-9-17/h4-6,8-9,18H,3,7,10,12-15H2,1-2H3. The SMILES string of the molecule is CCc1c(C)sc2nc(SCC(=O)N(CC#N)c3ccccc3)n(CC3CCCO3)c(=O)c12. The van der Waals surface area contributed by atoms with Gasteiger partial charge in [0.15, 0.2) is 5.16 Å². The number of para-hydroxylation sites is 1. The van der Waals surface area contributed by atoms with Crippen LogP contribution in [0.25, 0.3) is 10.2 Å². The zero-order valence-electron chi connectivity index (χ0n) is 18.7. The van der Waals surface area contributed by atoms with Gasteiger partial charge in [-0.3, -0.25) is 19.1 Å². The molecule has 3 aromatic rings. The van der Waals surface area contributed by atoms with Crippen LogP contribution in [-0.2, 0) is 22.5 Å². The lowest BCUT2D eigenvalue weighted by Crippen LogP contribution is -2.33. The van der Waals surface area contributed by atoms with Gasteiger partial charge in [-0.2, -0.15) is 5.26 Å². The number of nitrogens with zero attached hydrogens (tertiary/aromatic N) is 4. The molecule has 1 atom stereocenters. The Kier molecular flexibility index (Phi) is 7.48. The molecule has 1 fully saturated rings. The molecular formula is C24H26N4O3S2. The smallest absolute Gasteiger partial charge is 0.263 e. The first kappa shape index (κ1) is 23.5. The van der Waals surface area contributed by atoms with E-state index in [1.165, 1.54) is 28.0 Å². The second kappa shape index (κ2) is 10.5. The number of nitriles is 1. The number of hydrogen-bond donors (Lipinski definition) is 0. The van der Waals surface area contributed by atoms with Crippen LogP contribution in [-0.4, -0.2) is 40.5 Å². The Morgan fingerprint density at radius 3 is 2.85 bits per heavy atom. The predicted octanol–water partition coefficient (Wildman–Crippen LogP) is 4.16. The lowest BCUT2D eigenvalue weighted by Gasteiger charge is -2.20. The minimum absolute atomic E-state index is 0.0267. The van der Waals surface area contributed by atoms with Gasteiger partial charge in [-0.25, -0.2) is 4.98 Å². The first-order valence-corrected chi connectivity index (χ1v) is 12.8. The molecular weight excluding hydrogens is 456 g/mol. The third-order valence-electron chi connectivity index (χ3n) is 5.76. The molecule has 9 heteroatoms. The average Bonchev–Trinajstić information content (AvgIpc) is 3.45. The number of hydrogen-bond acceptors (Lipinski definition) is 7. The number of carbonyl (C=O) groups is 1. The summed E-state index contributed by atoms with van der Waals surface area (Å²) in [6.07, 6.45) is 2.63. The summed E-state index contributed by atoms with van der Waals surface area (Å²) < 4.78 is 7.47. The maximum Gasteiger partial charge on any atom is 0.263 e. The fourth-order valence-corrected chi connectivity index (χ4v) is 6.17. The Balaban J connectivity index is 1.66. The number of aromatic nitrogens is 2. The number of amides is 1. The third kappa shape index (κ3) is 4.98. The van der Waals surface area contributed by atoms with Gasteiger partial charge in [0, 0.05) is 17.2 Å². The Morgan fingerprint density at radius 1 is 1.39 bits per heavy atom. The first-order valence-electron chi connectivity index (χ1n) is 11.0. The summed E-state index contributed by atoms with van der Waals surface area (Å²) in [7, 11) is 0. The summed E-state index contributed by atoms with van der Waals surface area (Å²) in [6.45, 7) is 5.16. The van der Waals surface area contributed by atoms with Crippen molar-refractivity contribution < 1.29 is 9.53 Å². The number of benzene rings is 1. The van der Waals surface area contributed by atoms with E-state index in [2.05, 4.69) is 6.07 Å². The van der Waals surface area contributed by atoms with Crippen molar-refractivity contribution in [2.75, 3.05) is 23.8 Å². The van der Waals surface area contributed by atoms with E-state index in [9.17, 15) is 14.9 Å². The number of anilines is 1. The fourth-order valence-electron chi connectivity index (χ4n) is 4.13. The van der Waals surface area contributed by atoms with Crippen molar-refractivity contribution in [2.24, 2.45) is 0 Å². The monoisotopic (exact) mass is 482 g/mol. The van der Waals surface area contributed by atoms with Crippen LogP contribution in [0.4, 0.5) is 5.69 Å². The molecule has 1 saturated heterocycles. The van der Waals surface area contributed by atoms with Crippen molar-refractivity contribution in [3.05, 3.63) is 51.1 Å². The minimum Gasteiger partial charge on any atom is -0.376 e. The number of thiophene rings is 1. The van der Waals surface area contributed by atoms with Crippen LogP contribution in [0.3, 0.4) is 0 Å². The molecule has 33 heavy (non-hydrogen) atoms. The Hall–Kier alpha value is -2.67. The Labute approximate surface area is 201 Å². The highest BCUT2D eigenvalue weighted by atomic mass is 32.2. The summed E-state index contributed by atoms with van der Waals surface area (Å²) >= 11 is 2.76. The van der Waals surface area contributed by atoms with Gasteiger partial charge in [0.05, 0.1) is 29.9 Å². The molecule has 1 aromatic carbocycles. The van der Waals surface area contributed by atoms with Crippen LogP contribution in [0.2, 0.25) is 0 Å². The van der Waals surface area contributed by atoms with Gasteiger partial charge >= 0.3 is 0 Å². The fraction of sp³-hybridized carbons (Fsp3) is 0.417. The maximum absolute atomic E-state index is 13.6. The molecule has 4 rings (SSSR count). The number of ether oxygens (including phenoxy) is 1. The van der Waals surface area contributed by atoms with Gasteiger partial charge in [0.2, 0.25) is 5.91 Å². The predicted molar refractivity (Wildman–Crippen MR) is 132 cm³/mol. The summed E-state index contributed by atoms with van der Waals surface area (Å²) in [4.78, 5) is 34.7. The second-order valence-electron chi connectivity index (χ2n) is 7.88. The molecule has 7 nitrogen and oxygen atoms in total. The number of fused-ring (bicyclic) bond motifs is 1. The van der Waals surface area contributed by atoms with Crippen LogP contribution in [0.1, 0.15) is 30.2 Å². The zero-order chi connectivity index (χ0) is 23.4. The molecule has 1 aliphatic heterocycles. The highest BCUT2D eigenvalue weighted by molar-refractivity contribution is 7.99. The molecule has 0 bridgehead atoms. The highest BCUT2D eigenvalue weighted by Gasteiger charge is 2.24. The highest BCUT2D eigenvalue weighted by Crippen LogP contribution is 2.30. The first-order chi connectivity index (χ1) is 16.0. The zero-order valence-corrected chi connectivity index (χ0v) is 20.4. The largest absolute Gasteiger partial charge is 0.376 e. The molecule has 0 N–H and O–H groups in total. The van der Waals surface area contributed by atoms with Crippen LogP contribution >= 0.6 is 23.1 Å². The molecule has 3 heterocycles. The molecule has 0 radical (unpaired) electrons. The van der Waals surface area contributed by atoms with Crippen molar-refractivity contribution in [2.45, 2.75) is 50.9 Å². The number of thioether (sulfide) groups is 1. The van der Waals surface area contributed by atoms with Crippen LogP contribution < -0.4 is 10.5 Å². The summed E-state index contributed by atoms with van der Waals surface area (Å²) in [5, 5.41) is 10.4. The van der Waals surface area contributed by atoms with Gasteiger partial charge in [-0.1, -0.05) is 36.9 Å². The van der Waals surface area contributed by atoms with Gasteiger partial charge in [0.25, 0.3) is 5.56 Å². The Morgan fingerprint density at radius 2 is 2.18 bits per heavy atom. The number of rotatable bonds is 8. The molecule has 172 valence electrons. The topological polar surface area (TPSA) is 88.2 Å². The number of aryl methyl sites for hydroxylation is 2. The molecule has 0 spiro atoms. The number of carbonyl (C=O) groups excluding carboxylic acids is 1. The van der Waals surface area contributed by atoms with Gasteiger partial charge < -0.3 is 4.74 Å². The van der Waals surface area contributed by atoms with E-state index in [-0.39, 0.29) is 29.9 Å². The van der Waals surface area contributed by atoms with Crippen molar-refractivity contribution in [1.82, 2.24) is 9.55 Å². The minimum atomic E-state index is -0.206. The van der Waals surface area contributed by atoms with E-state index >= 15 is 0 Å². The van der Waals surface area contributed by atoms with Crippen LogP contribution in [0.5, 0.6) is 0 Å². The summed E-state index contributed by atoms with van der Waals surface area (Å²) in [5.41, 5.74) is 1.65. The van der Waals surface area contributed by atoms with Crippen molar-refractivity contribution in [3.8, 4) is 6.07 Å². The van der Waals surface area contributed by atoms with E-state index in [1.54, 1.807) is 16.7 Å². The molecule has 1 unspecified atom stereocenters. The quantitative estimate of drug-likeness (QED) is 0.272. The molecule has 0 aliphatic carbocycles. The van der Waals surface area contributed by atoms with E-state index < -0.39 is 0 Å². The molecule has 2 aromatic heterocycles. The van der Waals surface area contributed by atoms with Crippen LogP contribution in [0.15, 0.2) is 40.3 Å². The molecule has 1 amide bonds. The Bertz CT molecular complexity index is 1240. The van der Waals surface area contributed by atoms with E-state index in [4.69, 9.17) is 9.72 Å². The van der Waals surface area contributed by atoms with E-state index in [1.807, 2.05) is 32.0 Å². The average molecular weight is 483 g/mol. The normalized spacial score (nSPS) is 15.6. The van der Waals surface area contributed by atoms with Crippen LogP contribution in [0, 0.1) is 18.3 Å². The van der Waals surface area contributed by atoms with E-state index in [0.29, 0.717) is 34.2 Å². The van der Waals surface area contributed by atoms with Gasteiger partial charge in [-0.15, -0.1) is 11.3 Å². The molecule has 0 saturated carbocycles.